The maximum atomic E-state index is 14.9. The second kappa shape index (κ2) is 9.97. The van der Waals surface area contributed by atoms with E-state index in [-0.39, 0.29) is 33.1 Å². The fraction of sp³-hybridized carbons (Fsp3) is 0.231. The average molecular weight is 555 g/mol. The van der Waals surface area contributed by atoms with Gasteiger partial charge < -0.3 is 20.4 Å². The van der Waals surface area contributed by atoms with Crippen LogP contribution in [-0.2, 0) is 5.60 Å². The fourth-order valence-corrected chi connectivity index (χ4v) is 4.42. The molecular formula is C26H20ClF5N2O4. The molecule has 6 nitrogen and oxygen atoms in total. The molecule has 3 aromatic carbocycles. The van der Waals surface area contributed by atoms with Gasteiger partial charge in [-0.05, 0) is 61.0 Å². The summed E-state index contributed by atoms with van der Waals surface area (Å²) >= 11 is 5.94. The highest BCUT2D eigenvalue weighted by Crippen LogP contribution is 2.47. The van der Waals surface area contributed by atoms with Gasteiger partial charge in [0.1, 0.15) is 5.82 Å². The number of aryl methyl sites for hydroxylation is 1. The molecule has 0 radical (unpaired) electrons. The number of hydrogen-bond acceptors (Lipinski definition) is 4. The summed E-state index contributed by atoms with van der Waals surface area (Å²) in [6.45, 7) is -0.572. The van der Waals surface area contributed by atoms with E-state index in [0.29, 0.717) is 6.07 Å². The summed E-state index contributed by atoms with van der Waals surface area (Å²) in [5.41, 5.74) is -4.44. The van der Waals surface area contributed by atoms with E-state index in [9.17, 15) is 41.8 Å². The van der Waals surface area contributed by atoms with E-state index in [4.69, 9.17) is 11.6 Å². The van der Waals surface area contributed by atoms with Crippen LogP contribution in [0.4, 0.5) is 33.3 Å². The largest absolute Gasteiger partial charge is 0.393 e. The Labute approximate surface area is 218 Å². The third-order valence-electron chi connectivity index (χ3n) is 6.40. The zero-order chi connectivity index (χ0) is 28.0. The number of benzene rings is 3. The molecule has 0 saturated heterocycles. The van der Waals surface area contributed by atoms with E-state index in [2.05, 4.69) is 5.32 Å². The molecule has 1 aliphatic heterocycles. The Morgan fingerprint density at radius 1 is 1.03 bits per heavy atom. The molecule has 0 fully saturated rings. The van der Waals surface area contributed by atoms with Gasteiger partial charge in [-0.3, -0.25) is 9.59 Å². The maximum absolute atomic E-state index is 14.9. The number of fused-ring (bicyclic) bond motifs is 1. The molecular weight excluding hydrogens is 535 g/mol. The molecule has 0 spiro atoms. The lowest BCUT2D eigenvalue weighted by atomic mass is 9.86. The molecule has 1 heterocycles. The van der Waals surface area contributed by atoms with Crippen molar-refractivity contribution in [3.63, 3.8) is 0 Å². The first-order valence-corrected chi connectivity index (χ1v) is 11.6. The Hall–Kier alpha value is -3.54. The van der Waals surface area contributed by atoms with Crippen LogP contribution in [0.15, 0.2) is 48.5 Å². The molecule has 200 valence electrons. The maximum Gasteiger partial charge on any atom is 0.284 e. The first-order valence-electron chi connectivity index (χ1n) is 11.2. The average Bonchev–Trinajstić information content (AvgIpc) is 2.94. The van der Waals surface area contributed by atoms with Crippen LogP contribution in [0.1, 0.15) is 38.3 Å². The highest BCUT2D eigenvalue weighted by atomic mass is 35.5. The van der Waals surface area contributed by atoms with E-state index < -0.39 is 65.9 Å². The van der Waals surface area contributed by atoms with Crippen LogP contribution in [0.5, 0.6) is 0 Å². The van der Waals surface area contributed by atoms with Gasteiger partial charge in [-0.15, -0.1) is 0 Å². The van der Waals surface area contributed by atoms with Crippen LogP contribution in [0.3, 0.4) is 0 Å². The van der Waals surface area contributed by atoms with Crippen molar-refractivity contribution in [1.29, 1.82) is 0 Å². The van der Waals surface area contributed by atoms with Crippen molar-refractivity contribution in [3.8, 4) is 0 Å². The molecule has 3 N–H and O–H groups in total. The van der Waals surface area contributed by atoms with Gasteiger partial charge in [0.25, 0.3) is 17.7 Å². The summed E-state index contributed by atoms with van der Waals surface area (Å²) in [5, 5.41) is 22.6. The van der Waals surface area contributed by atoms with Crippen LogP contribution < -0.4 is 10.2 Å². The predicted molar refractivity (Wildman–Crippen MR) is 129 cm³/mol. The minimum atomic E-state index is -3.84. The van der Waals surface area contributed by atoms with Crippen molar-refractivity contribution < 1.29 is 41.8 Å². The Bertz CT molecular complexity index is 1450. The minimum Gasteiger partial charge on any atom is -0.393 e. The minimum absolute atomic E-state index is 0.0249. The van der Waals surface area contributed by atoms with Gasteiger partial charge in [0, 0.05) is 34.7 Å². The zero-order valence-electron chi connectivity index (χ0n) is 19.7. The summed E-state index contributed by atoms with van der Waals surface area (Å²) in [4.78, 5) is 26.7. The van der Waals surface area contributed by atoms with Gasteiger partial charge in [0.05, 0.1) is 18.0 Å². The Balaban J connectivity index is 1.66. The summed E-state index contributed by atoms with van der Waals surface area (Å²) in [6, 6.07) is 8.00. The number of amides is 2. The predicted octanol–water partition coefficient (Wildman–Crippen LogP) is 5.18. The van der Waals surface area contributed by atoms with Crippen LogP contribution in [0, 0.1) is 24.4 Å². The Morgan fingerprint density at radius 2 is 1.71 bits per heavy atom. The van der Waals surface area contributed by atoms with Crippen molar-refractivity contribution in [1.82, 2.24) is 0 Å². The number of hydrogen-bond donors (Lipinski definition) is 3. The van der Waals surface area contributed by atoms with Gasteiger partial charge in [-0.1, -0.05) is 11.6 Å². The highest BCUT2D eigenvalue weighted by Gasteiger charge is 2.56. The lowest BCUT2D eigenvalue weighted by molar-refractivity contribution is -0.205. The van der Waals surface area contributed by atoms with Crippen molar-refractivity contribution >= 4 is 34.8 Å². The molecule has 0 aliphatic carbocycles. The van der Waals surface area contributed by atoms with Crippen molar-refractivity contribution in [3.05, 3.63) is 93.3 Å². The highest BCUT2D eigenvalue weighted by molar-refractivity contribution is 6.30. The van der Waals surface area contributed by atoms with Crippen LogP contribution in [0.25, 0.3) is 0 Å². The van der Waals surface area contributed by atoms with Crippen LogP contribution in [0.2, 0.25) is 5.02 Å². The smallest absolute Gasteiger partial charge is 0.284 e. The number of anilines is 2. The summed E-state index contributed by atoms with van der Waals surface area (Å²) < 4.78 is 71.6. The number of alkyl halides is 2. The third kappa shape index (κ3) is 4.72. The molecule has 1 atom stereocenters. The van der Waals surface area contributed by atoms with Crippen molar-refractivity contribution in [2.75, 3.05) is 23.4 Å². The molecule has 0 saturated carbocycles. The molecule has 0 aromatic heterocycles. The van der Waals surface area contributed by atoms with Gasteiger partial charge in [-0.25, -0.2) is 22.0 Å². The fourth-order valence-electron chi connectivity index (χ4n) is 4.25. The number of halogens is 6. The number of aliphatic hydroxyl groups excluding tert-OH is 1. The van der Waals surface area contributed by atoms with Crippen LogP contribution in [-0.4, -0.2) is 41.1 Å². The van der Waals surface area contributed by atoms with Crippen molar-refractivity contribution in [2.45, 2.75) is 24.9 Å². The van der Waals surface area contributed by atoms with E-state index in [1.54, 1.807) is 0 Å². The first kappa shape index (κ1) is 27.5. The number of nitrogens with one attached hydrogen (secondary N) is 1. The lowest BCUT2D eigenvalue weighted by Gasteiger charge is -2.33. The number of rotatable bonds is 4. The van der Waals surface area contributed by atoms with E-state index in [0.717, 1.165) is 35.2 Å². The Morgan fingerprint density at radius 3 is 2.37 bits per heavy atom. The summed E-state index contributed by atoms with van der Waals surface area (Å²) in [6.07, 6.45) is -1.02. The summed E-state index contributed by atoms with van der Waals surface area (Å²) in [7, 11) is 0. The normalized spacial score (nSPS) is 18.5. The van der Waals surface area contributed by atoms with E-state index in [1.165, 1.54) is 19.1 Å². The Kier molecular flexibility index (Phi) is 7.21. The second-order valence-corrected chi connectivity index (χ2v) is 9.26. The van der Waals surface area contributed by atoms with Gasteiger partial charge >= 0.3 is 0 Å². The molecule has 2 amide bonds. The van der Waals surface area contributed by atoms with Gasteiger partial charge in [0.15, 0.2) is 17.2 Å². The van der Waals surface area contributed by atoms with Gasteiger partial charge in [-0.2, -0.15) is 0 Å². The topological polar surface area (TPSA) is 89.9 Å². The molecule has 1 aliphatic rings. The SMILES string of the molecule is Cc1cc(F)c(F)cc1C(=O)Nc1ccc(C(=O)N2CCC(F)(F)[C@](O)(CO)c3cc(Cl)ccc32)cc1F. The second-order valence-electron chi connectivity index (χ2n) is 8.82. The first-order chi connectivity index (χ1) is 17.8. The van der Waals surface area contributed by atoms with Crippen molar-refractivity contribution in [2.24, 2.45) is 0 Å². The van der Waals surface area contributed by atoms with E-state index >= 15 is 0 Å². The quantitative estimate of drug-likeness (QED) is 0.388. The molecule has 38 heavy (non-hydrogen) atoms. The third-order valence-corrected chi connectivity index (χ3v) is 6.63. The monoisotopic (exact) mass is 554 g/mol. The molecule has 4 rings (SSSR count). The molecule has 0 bridgehead atoms. The number of aliphatic hydroxyl groups is 2. The summed E-state index contributed by atoms with van der Waals surface area (Å²) in [5.74, 6) is -9.15. The van der Waals surface area contributed by atoms with E-state index in [1.807, 2.05) is 0 Å². The molecule has 12 heteroatoms. The zero-order valence-corrected chi connectivity index (χ0v) is 20.4. The molecule has 3 aromatic rings. The van der Waals surface area contributed by atoms with Crippen LogP contribution >= 0.6 is 11.6 Å². The van der Waals surface area contributed by atoms with Gasteiger partial charge in [0.2, 0.25) is 0 Å². The number of carbonyl (C=O) groups is 2. The standard InChI is InChI=1S/C26H20ClF5N2O4/c1-13-8-18(28)19(29)11-16(13)23(36)33-21-4-2-14(9-20(21)30)24(37)34-7-6-26(31,32)25(38,12-35)17-10-15(27)3-5-22(17)34/h2-5,8-11,35,38H,6-7,12H2,1H3,(H,33,36)/t25-/m0/s1. The number of nitrogens with zero attached hydrogens (tertiary/aromatic N) is 1. The number of carbonyl (C=O) groups excluding carboxylic acids is 2. The lowest BCUT2D eigenvalue weighted by Crippen LogP contribution is -2.48. The molecule has 0 unspecified atom stereocenters.